The van der Waals surface area contributed by atoms with Crippen LogP contribution in [0.15, 0.2) is 36.0 Å². The minimum Gasteiger partial charge on any atom is -0.302 e. The predicted octanol–water partition coefficient (Wildman–Crippen LogP) is 1.00. The first-order valence-electron chi connectivity index (χ1n) is 5.91. The highest BCUT2D eigenvalue weighted by atomic mass is 32.2. The first-order valence-corrected chi connectivity index (χ1v) is 6.89. The van der Waals surface area contributed by atoms with Crippen molar-refractivity contribution in [3.8, 4) is 0 Å². The molecule has 0 unspecified atom stereocenters. The Bertz CT molecular complexity index is 580. The molecule has 0 amide bonds. The number of aromatic nitrogens is 5. The fourth-order valence-electron chi connectivity index (χ4n) is 1.76. The molecule has 3 rings (SSSR count). The van der Waals surface area contributed by atoms with Crippen molar-refractivity contribution in [2.24, 2.45) is 0 Å². The van der Waals surface area contributed by atoms with Gasteiger partial charge in [0, 0.05) is 12.3 Å². The van der Waals surface area contributed by atoms with Crippen molar-refractivity contribution in [3.63, 3.8) is 0 Å². The molecule has 2 aromatic heterocycles. The normalized spacial score (nSPS) is 14.4. The smallest absolute Gasteiger partial charge is 0.151 e. The van der Waals surface area contributed by atoms with Crippen LogP contribution in [0, 0.1) is 0 Å². The maximum Gasteiger partial charge on any atom is 0.151 e. The maximum absolute atomic E-state index is 4.28. The van der Waals surface area contributed by atoms with Crippen molar-refractivity contribution in [1.82, 2.24) is 30.4 Å². The maximum atomic E-state index is 4.28. The molecular weight excluding hydrogens is 262 g/mol. The molecular formula is C11H13N7S. The summed E-state index contributed by atoms with van der Waals surface area (Å²) in [5.41, 5.74) is 4.18. The van der Waals surface area contributed by atoms with Crippen LogP contribution in [0.3, 0.4) is 0 Å². The third-order valence-electron chi connectivity index (χ3n) is 2.62. The van der Waals surface area contributed by atoms with Crippen molar-refractivity contribution in [3.05, 3.63) is 31.0 Å². The fraction of sp³-hybridized carbons (Fsp3) is 0.273. The topological polar surface area (TPSA) is 71.8 Å². The molecule has 7 nitrogen and oxygen atoms in total. The molecule has 0 spiro atoms. The molecule has 19 heavy (non-hydrogen) atoms. The lowest BCUT2D eigenvalue weighted by Crippen LogP contribution is -2.31. The van der Waals surface area contributed by atoms with Crippen LogP contribution < -0.4 is 10.4 Å². The molecule has 3 heterocycles. The molecule has 0 aliphatic carbocycles. The lowest BCUT2D eigenvalue weighted by atomic mass is 10.4. The third kappa shape index (κ3) is 2.53. The zero-order chi connectivity index (χ0) is 13.1. The quantitative estimate of drug-likeness (QED) is 0.659. The summed E-state index contributed by atoms with van der Waals surface area (Å²) in [5, 5.41) is 10.7. The van der Waals surface area contributed by atoms with Crippen LogP contribution in [0.2, 0.25) is 0 Å². The Labute approximate surface area is 114 Å². The molecule has 1 aliphatic rings. The zero-order valence-corrected chi connectivity index (χ0v) is 11.2. The highest BCUT2D eigenvalue weighted by Gasteiger charge is 2.17. The first-order chi connectivity index (χ1) is 9.36. The Morgan fingerprint density at radius 3 is 3.16 bits per heavy atom. The van der Waals surface area contributed by atoms with E-state index < -0.39 is 0 Å². The van der Waals surface area contributed by atoms with Gasteiger partial charge < -0.3 is 5.43 Å². The largest absolute Gasteiger partial charge is 0.302 e. The van der Waals surface area contributed by atoms with Crippen molar-refractivity contribution < 1.29 is 0 Å². The van der Waals surface area contributed by atoms with E-state index in [2.05, 4.69) is 32.6 Å². The van der Waals surface area contributed by atoms with Crippen molar-refractivity contribution in [1.29, 1.82) is 0 Å². The average molecular weight is 275 g/mol. The van der Waals surface area contributed by atoms with Crippen molar-refractivity contribution >= 4 is 23.3 Å². The third-order valence-corrected chi connectivity index (χ3v) is 3.43. The SMILES string of the molecule is CCSc1cc(N2CC(n3ccnn3)=CN2)ncn1. The number of thioether (sulfide) groups is 1. The van der Waals surface area contributed by atoms with E-state index in [4.69, 9.17) is 0 Å². The van der Waals surface area contributed by atoms with Gasteiger partial charge in [0.1, 0.15) is 11.4 Å². The van der Waals surface area contributed by atoms with E-state index in [0.29, 0.717) is 6.54 Å². The van der Waals surface area contributed by atoms with E-state index in [1.807, 2.05) is 23.5 Å². The molecule has 0 aromatic carbocycles. The summed E-state index contributed by atoms with van der Waals surface area (Å²) in [6.45, 7) is 2.78. The number of rotatable bonds is 4. The van der Waals surface area contributed by atoms with E-state index in [9.17, 15) is 0 Å². The van der Waals surface area contributed by atoms with E-state index in [1.165, 1.54) is 0 Å². The lowest BCUT2D eigenvalue weighted by Gasteiger charge is -2.17. The number of anilines is 1. The first kappa shape index (κ1) is 12.0. The Morgan fingerprint density at radius 2 is 2.37 bits per heavy atom. The molecule has 1 N–H and O–H groups in total. The van der Waals surface area contributed by atoms with Gasteiger partial charge in [0.25, 0.3) is 0 Å². The average Bonchev–Trinajstić information content (AvgIpc) is 3.11. The highest BCUT2D eigenvalue weighted by Crippen LogP contribution is 2.21. The molecule has 98 valence electrons. The molecule has 1 aliphatic heterocycles. The highest BCUT2D eigenvalue weighted by molar-refractivity contribution is 7.99. The van der Waals surface area contributed by atoms with Crippen LogP contribution in [-0.4, -0.2) is 37.3 Å². The van der Waals surface area contributed by atoms with Gasteiger partial charge in [-0.05, 0) is 5.75 Å². The molecule has 0 saturated heterocycles. The minimum atomic E-state index is 0.677. The van der Waals surface area contributed by atoms with Crippen LogP contribution in [0.4, 0.5) is 5.82 Å². The number of hydrogen-bond donors (Lipinski definition) is 1. The summed E-state index contributed by atoms with van der Waals surface area (Å²) in [6.07, 6.45) is 6.95. The Morgan fingerprint density at radius 1 is 1.42 bits per heavy atom. The summed E-state index contributed by atoms with van der Waals surface area (Å²) in [4.78, 5) is 8.50. The summed E-state index contributed by atoms with van der Waals surface area (Å²) < 4.78 is 1.73. The van der Waals surface area contributed by atoms with E-state index in [1.54, 1.807) is 29.0 Å². The van der Waals surface area contributed by atoms with Gasteiger partial charge in [-0.1, -0.05) is 12.1 Å². The van der Waals surface area contributed by atoms with E-state index >= 15 is 0 Å². The number of nitrogens with one attached hydrogen (secondary N) is 1. The summed E-state index contributed by atoms with van der Waals surface area (Å²) in [6, 6.07) is 1.97. The van der Waals surface area contributed by atoms with E-state index in [0.717, 1.165) is 22.3 Å². The van der Waals surface area contributed by atoms with Crippen LogP contribution in [-0.2, 0) is 0 Å². The zero-order valence-electron chi connectivity index (χ0n) is 10.4. The van der Waals surface area contributed by atoms with Gasteiger partial charge in [0.05, 0.1) is 24.6 Å². The minimum absolute atomic E-state index is 0.677. The predicted molar refractivity (Wildman–Crippen MR) is 73.2 cm³/mol. The molecule has 2 aromatic rings. The van der Waals surface area contributed by atoms with Gasteiger partial charge in [-0.25, -0.2) is 14.6 Å². The fourth-order valence-corrected chi connectivity index (χ4v) is 2.36. The molecule has 8 heteroatoms. The Hall–Kier alpha value is -2.09. The van der Waals surface area contributed by atoms with Crippen molar-refractivity contribution in [2.45, 2.75) is 11.9 Å². The van der Waals surface area contributed by atoms with Gasteiger partial charge in [0.2, 0.25) is 0 Å². The second kappa shape index (κ2) is 5.27. The van der Waals surface area contributed by atoms with Gasteiger partial charge in [-0.3, -0.25) is 5.01 Å². The number of hydrazine groups is 1. The van der Waals surface area contributed by atoms with Gasteiger partial charge in [-0.2, -0.15) is 0 Å². The summed E-state index contributed by atoms with van der Waals surface area (Å²) in [7, 11) is 0. The second-order valence-corrected chi connectivity index (χ2v) is 5.13. The summed E-state index contributed by atoms with van der Waals surface area (Å²) in [5.74, 6) is 1.84. The van der Waals surface area contributed by atoms with Crippen LogP contribution in [0.1, 0.15) is 6.92 Å². The van der Waals surface area contributed by atoms with Crippen LogP contribution in [0.25, 0.3) is 5.70 Å². The van der Waals surface area contributed by atoms with E-state index in [-0.39, 0.29) is 0 Å². The molecule has 0 atom stereocenters. The molecule has 0 radical (unpaired) electrons. The standard InChI is InChI=1S/C11H13N7S/c1-2-19-11-5-10(12-8-13-11)18-7-9(6-15-18)17-4-3-14-16-17/h3-6,8,15H,2,7H2,1H3. The molecule has 0 bridgehead atoms. The second-order valence-electron chi connectivity index (χ2n) is 3.85. The summed E-state index contributed by atoms with van der Waals surface area (Å²) >= 11 is 1.70. The molecule has 0 fully saturated rings. The number of nitrogens with zero attached hydrogens (tertiary/aromatic N) is 6. The Balaban J connectivity index is 1.74. The number of hydrogen-bond acceptors (Lipinski definition) is 7. The van der Waals surface area contributed by atoms with Gasteiger partial charge in [-0.15, -0.1) is 16.9 Å². The lowest BCUT2D eigenvalue weighted by molar-refractivity contribution is 0.780. The Kier molecular flexibility index (Phi) is 3.32. The van der Waals surface area contributed by atoms with Gasteiger partial charge >= 0.3 is 0 Å². The van der Waals surface area contributed by atoms with Crippen LogP contribution >= 0.6 is 11.8 Å². The van der Waals surface area contributed by atoms with Gasteiger partial charge in [0.15, 0.2) is 5.82 Å². The molecule has 0 saturated carbocycles. The van der Waals surface area contributed by atoms with Crippen LogP contribution in [0.5, 0.6) is 0 Å². The van der Waals surface area contributed by atoms with Crippen molar-refractivity contribution in [2.75, 3.05) is 17.3 Å². The monoisotopic (exact) mass is 275 g/mol.